The van der Waals surface area contributed by atoms with Gasteiger partial charge in [0.05, 0.1) is 43.5 Å². The number of rotatable bonds is 19. The SMILES string of the molecule is COc1ccc(CO[C@@H](C[C@H](CN(Cc2ccccc2)S(=O)(=O)c2ccccc2[N+](=O)[O-])OC)[C@H](COc2cc(F)cc(F)c2)N=[N+]=[N-])cc1. The summed E-state index contributed by atoms with van der Waals surface area (Å²) in [5, 5.41) is 15.7. The number of hydrogen-bond acceptors (Lipinski definition) is 9. The van der Waals surface area contributed by atoms with Crippen LogP contribution in [0, 0.1) is 21.7 Å². The standard InChI is InChI=1S/C34H35F2N5O8S/c1-46-28-14-12-25(13-15-28)22-49-33(31(38-39-37)23-48-29-17-26(35)16-27(36)18-29)19-30(47-2)21-40(20-24-8-4-3-5-9-24)50(44,45)34-11-7-6-10-32(34)41(42)43/h3-18,30-31,33H,19-23H2,1-2H3/t30-,31+,33+/m1/s1. The van der Waals surface area contributed by atoms with E-state index in [-0.39, 0.29) is 38.5 Å². The Labute approximate surface area is 287 Å². The third kappa shape index (κ3) is 10.4. The van der Waals surface area contributed by atoms with Crippen LogP contribution in [0.1, 0.15) is 17.5 Å². The van der Waals surface area contributed by atoms with Crippen LogP contribution in [0.5, 0.6) is 11.5 Å². The summed E-state index contributed by atoms with van der Waals surface area (Å²) in [6.45, 7) is -0.792. The molecule has 0 fully saturated rings. The molecule has 0 radical (unpaired) electrons. The molecule has 0 saturated heterocycles. The van der Waals surface area contributed by atoms with Gasteiger partial charge in [-0.3, -0.25) is 10.1 Å². The van der Waals surface area contributed by atoms with E-state index >= 15 is 0 Å². The van der Waals surface area contributed by atoms with Gasteiger partial charge in [-0.2, -0.15) is 4.31 Å². The van der Waals surface area contributed by atoms with E-state index in [1.165, 1.54) is 26.4 Å². The van der Waals surface area contributed by atoms with E-state index in [1.54, 1.807) is 54.6 Å². The first-order chi connectivity index (χ1) is 24.0. The first kappa shape index (κ1) is 37.7. The monoisotopic (exact) mass is 711 g/mol. The molecule has 16 heteroatoms. The van der Waals surface area contributed by atoms with Crippen molar-refractivity contribution in [3.63, 3.8) is 0 Å². The highest BCUT2D eigenvalue weighted by Crippen LogP contribution is 2.29. The van der Waals surface area contributed by atoms with Crippen LogP contribution in [0.2, 0.25) is 0 Å². The lowest BCUT2D eigenvalue weighted by Gasteiger charge is -2.31. The molecule has 0 N–H and O–H groups in total. The first-order valence-electron chi connectivity index (χ1n) is 15.2. The molecule has 0 aliphatic carbocycles. The van der Waals surface area contributed by atoms with Crippen LogP contribution in [-0.2, 0) is 32.6 Å². The summed E-state index contributed by atoms with van der Waals surface area (Å²) < 4.78 is 79.8. The van der Waals surface area contributed by atoms with Crippen molar-refractivity contribution in [1.82, 2.24) is 4.31 Å². The molecule has 0 heterocycles. The fraction of sp³-hybridized carbons (Fsp3) is 0.294. The summed E-state index contributed by atoms with van der Waals surface area (Å²) in [7, 11) is -1.60. The van der Waals surface area contributed by atoms with Crippen LogP contribution >= 0.6 is 0 Å². The highest BCUT2D eigenvalue weighted by atomic mass is 32.2. The van der Waals surface area contributed by atoms with Gasteiger partial charge in [0.2, 0.25) is 10.0 Å². The van der Waals surface area contributed by atoms with Crippen LogP contribution in [-0.4, -0.2) is 63.3 Å². The zero-order valence-corrected chi connectivity index (χ0v) is 28.0. The zero-order chi connectivity index (χ0) is 36.1. The van der Waals surface area contributed by atoms with E-state index < -0.39 is 55.4 Å². The number of nitro benzene ring substituents is 1. The number of benzene rings is 4. The maximum Gasteiger partial charge on any atom is 0.289 e. The van der Waals surface area contributed by atoms with Gasteiger partial charge in [0, 0.05) is 55.8 Å². The molecule has 0 amide bonds. The van der Waals surface area contributed by atoms with Crippen molar-refractivity contribution in [2.75, 3.05) is 27.4 Å². The molecule has 0 saturated carbocycles. The van der Waals surface area contributed by atoms with E-state index in [2.05, 4.69) is 10.0 Å². The third-order valence-electron chi connectivity index (χ3n) is 7.63. The van der Waals surface area contributed by atoms with Gasteiger partial charge in [0.1, 0.15) is 23.1 Å². The van der Waals surface area contributed by atoms with Crippen molar-refractivity contribution < 1.29 is 41.1 Å². The molecule has 4 aromatic carbocycles. The highest BCUT2D eigenvalue weighted by Gasteiger charge is 2.35. The Morgan fingerprint density at radius 3 is 2.20 bits per heavy atom. The Bertz CT molecular complexity index is 1860. The van der Waals surface area contributed by atoms with Crippen molar-refractivity contribution in [2.24, 2.45) is 5.11 Å². The molecule has 0 unspecified atom stereocenters. The number of nitrogens with zero attached hydrogens (tertiary/aromatic N) is 5. The lowest BCUT2D eigenvalue weighted by atomic mass is 10.0. The topological polar surface area (TPSA) is 166 Å². The molecular weight excluding hydrogens is 676 g/mol. The maximum atomic E-state index is 14.1. The Morgan fingerprint density at radius 2 is 1.58 bits per heavy atom. The normalized spacial score (nSPS) is 13.2. The van der Waals surface area contributed by atoms with Crippen molar-refractivity contribution >= 4 is 15.7 Å². The van der Waals surface area contributed by atoms with Crippen molar-refractivity contribution in [3.8, 4) is 11.5 Å². The van der Waals surface area contributed by atoms with Gasteiger partial charge in [-0.05, 0) is 34.9 Å². The summed E-state index contributed by atoms with van der Waals surface area (Å²) in [6.07, 6.45) is -1.96. The number of para-hydroxylation sites is 1. The van der Waals surface area contributed by atoms with Gasteiger partial charge in [-0.1, -0.05) is 59.7 Å². The molecule has 50 heavy (non-hydrogen) atoms. The number of nitro groups is 1. The van der Waals surface area contributed by atoms with E-state index in [0.717, 1.165) is 34.1 Å². The second-order valence-electron chi connectivity index (χ2n) is 11.0. The van der Waals surface area contributed by atoms with Crippen LogP contribution in [0.25, 0.3) is 10.4 Å². The predicted molar refractivity (Wildman–Crippen MR) is 179 cm³/mol. The van der Waals surface area contributed by atoms with Gasteiger partial charge in [0.25, 0.3) is 5.69 Å². The largest absolute Gasteiger partial charge is 0.497 e. The summed E-state index contributed by atoms with van der Waals surface area (Å²) in [5.74, 6) is -1.27. The second kappa shape index (κ2) is 18.0. The smallest absolute Gasteiger partial charge is 0.289 e. The average molecular weight is 712 g/mol. The van der Waals surface area contributed by atoms with Gasteiger partial charge in [0.15, 0.2) is 4.90 Å². The Morgan fingerprint density at radius 1 is 0.920 bits per heavy atom. The minimum Gasteiger partial charge on any atom is -0.497 e. The molecule has 4 aromatic rings. The molecule has 0 aromatic heterocycles. The van der Waals surface area contributed by atoms with Gasteiger partial charge in [-0.25, -0.2) is 17.2 Å². The molecule has 0 spiro atoms. The molecular formula is C34H35F2N5O8S. The summed E-state index contributed by atoms with van der Waals surface area (Å²) in [5.41, 5.74) is 10.2. The van der Waals surface area contributed by atoms with Crippen molar-refractivity contribution in [1.29, 1.82) is 0 Å². The van der Waals surface area contributed by atoms with Crippen LogP contribution in [0.4, 0.5) is 14.5 Å². The lowest BCUT2D eigenvalue weighted by molar-refractivity contribution is -0.387. The summed E-state index contributed by atoms with van der Waals surface area (Å²) in [4.78, 5) is 13.5. The zero-order valence-electron chi connectivity index (χ0n) is 27.2. The third-order valence-corrected chi connectivity index (χ3v) is 9.49. The van der Waals surface area contributed by atoms with Gasteiger partial charge < -0.3 is 18.9 Å². The number of halogens is 2. The van der Waals surface area contributed by atoms with Gasteiger partial charge in [-0.15, -0.1) is 0 Å². The van der Waals surface area contributed by atoms with E-state index in [9.17, 15) is 32.8 Å². The Hall–Kier alpha value is -5.12. The minimum absolute atomic E-state index is 0.0133. The molecule has 4 rings (SSSR count). The molecule has 0 bridgehead atoms. The molecule has 3 atom stereocenters. The fourth-order valence-corrected chi connectivity index (χ4v) is 6.68. The van der Waals surface area contributed by atoms with Gasteiger partial charge >= 0.3 is 0 Å². The first-order valence-corrected chi connectivity index (χ1v) is 16.7. The second-order valence-corrected chi connectivity index (χ2v) is 12.9. The molecule has 13 nitrogen and oxygen atoms in total. The van der Waals surface area contributed by atoms with Crippen LogP contribution in [0.3, 0.4) is 0 Å². The summed E-state index contributed by atoms with van der Waals surface area (Å²) in [6, 6.07) is 22.2. The van der Waals surface area contributed by atoms with E-state index in [4.69, 9.17) is 18.9 Å². The summed E-state index contributed by atoms with van der Waals surface area (Å²) >= 11 is 0. The van der Waals surface area contributed by atoms with E-state index in [1.807, 2.05) is 0 Å². The number of ether oxygens (including phenoxy) is 4. The average Bonchev–Trinajstić information content (AvgIpc) is 3.11. The fourth-order valence-electron chi connectivity index (χ4n) is 5.07. The predicted octanol–water partition coefficient (Wildman–Crippen LogP) is 6.82. The van der Waals surface area contributed by atoms with Crippen molar-refractivity contribution in [3.05, 3.63) is 140 Å². The minimum atomic E-state index is -4.48. The van der Waals surface area contributed by atoms with Crippen LogP contribution in [0.15, 0.2) is 107 Å². The van der Waals surface area contributed by atoms with Crippen LogP contribution < -0.4 is 9.47 Å². The Kier molecular flexibility index (Phi) is 13.6. The molecule has 264 valence electrons. The number of azide groups is 1. The number of hydrogen-bond donors (Lipinski definition) is 0. The maximum absolute atomic E-state index is 14.1. The molecule has 0 aliphatic heterocycles. The molecule has 0 aliphatic rings. The quantitative estimate of drug-likeness (QED) is 0.0336. The van der Waals surface area contributed by atoms with E-state index in [0.29, 0.717) is 17.4 Å². The number of methoxy groups -OCH3 is 2. The number of sulfonamides is 1. The highest BCUT2D eigenvalue weighted by molar-refractivity contribution is 7.89. The van der Waals surface area contributed by atoms with Crippen molar-refractivity contribution in [2.45, 2.75) is 42.7 Å². The lowest BCUT2D eigenvalue weighted by Crippen LogP contribution is -2.42. The Balaban J connectivity index is 1.66.